The van der Waals surface area contributed by atoms with Gasteiger partial charge in [0.1, 0.15) is 17.5 Å². The maximum atomic E-state index is 13.6. The summed E-state index contributed by atoms with van der Waals surface area (Å²) in [5, 5.41) is 13.1. The number of nitrogens with one attached hydrogen (secondary N) is 2. The van der Waals surface area contributed by atoms with Crippen molar-refractivity contribution in [3.8, 4) is 0 Å². The monoisotopic (exact) mass is 374 g/mol. The molecule has 3 rings (SSSR count). The van der Waals surface area contributed by atoms with Crippen LogP contribution in [0, 0.1) is 11.6 Å². The van der Waals surface area contributed by atoms with Crippen molar-refractivity contribution in [2.45, 2.75) is 6.54 Å². The second-order valence-electron chi connectivity index (χ2n) is 5.33. The summed E-state index contributed by atoms with van der Waals surface area (Å²) in [6.45, 7) is 0.237. The number of halogens is 3. The molecule has 2 N–H and O–H groups in total. The molecule has 0 unspecified atom stereocenters. The van der Waals surface area contributed by atoms with Gasteiger partial charge in [-0.15, -0.1) is 10.2 Å². The van der Waals surface area contributed by atoms with E-state index in [4.69, 9.17) is 11.6 Å². The van der Waals surface area contributed by atoms with E-state index in [-0.39, 0.29) is 23.1 Å². The average Bonchev–Trinajstić information content (AvgIpc) is 2.64. The first kappa shape index (κ1) is 17.8. The first-order valence-corrected chi connectivity index (χ1v) is 7.98. The largest absolute Gasteiger partial charge is 0.364 e. The lowest BCUT2D eigenvalue weighted by Crippen LogP contribution is -2.15. The summed E-state index contributed by atoms with van der Waals surface area (Å²) in [6, 6.07) is 13.2. The van der Waals surface area contributed by atoms with Crippen LogP contribution in [-0.4, -0.2) is 16.1 Å². The Morgan fingerprint density at radius 2 is 1.81 bits per heavy atom. The Labute approximate surface area is 153 Å². The minimum absolute atomic E-state index is 0.0712. The fourth-order valence-corrected chi connectivity index (χ4v) is 2.32. The van der Waals surface area contributed by atoms with Crippen LogP contribution in [0.15, 0.2) is 54.6 Å². The maximum Gasteiger partial charge on any atom is 0.276 e. The van der Waals surface area contributed by atoms with Crippen LogP contribution < -0.4 is 10.6 Å². The van der Waals surface area contributed by atoms with Crippen molar-refractivity contribution in [1.82, 2.24) is 10.2 Å². The minimum atomic E-state index is -0.574. The van der Waals surface area contributed by atoms with E-state index in [1.807, 2.05) is 0 Å². The molecule has 0 saturated carbocycles. The van der Waals surface area contributed by atoms with Crippen molar-refractivity contribution in [2.24, 2.45) is 0 Å². The number of hydrogen-bond acceptors (Lipinski definition) is 4. The molecule has 5 nitrogen and oxygen atoms in total. The van der Waals surface area contributed by atoms with Gasteiger partial charge in [-0.1, -0.05) is 29.8 Å². The van der Waals surface area contributed by atoms with E-state index in [2.05, 4.69) is 20.8 Å². The molecule has 2 aromatic carbocycles. The molecule has 0 spiro atoms. The summed E-state index contributed by atoms with van der Waals surface area (Å²) in [4.78, 5) is 12.1. The summed E-state index contributed by atoms with van der Waals surface area (Å²) in [5.41, 5.74) is 0.899. The lowest BCUT2D eigenvalue weighted by atomic mass is 10.2. The fraction of sp³-hybridized carbons (Fsp3) is 0.0556. The highest BCUT2D eigenvalue weighted by molar-refractivity contribution is 6.31. The normalized spacial score (nSPS) is 10.4. The van der Waals surface area contributed by atoms with Gasteiger partial charge in [0.2, 0.25) is 0 Å². The predicted octanol–water partition coefficient (Wildman–Crippen LogP) is 4.27. The molecule has 1 amide bonds. The Bertz CT molecular complexity index is 935. The van der Waals surface area contributed by atoms with Crippen molar-refractivity contribution in [1.29, 1.82) is 0 Å². The van der Waals surface area contributed by atoms with Crippen LogP contribution in [0.25, 0.3) is 0 Å². The number of aromatic nitrogens is 2. The van der Waals surface area contributed by atoms with E-state index in [0.29, 0.717) is 17.1 Å². The molecular weight excluding hydrogens is 362 g/mol. The smallest absolute Gasteiger partial charge is 0.276 e. The van der Waals surface area contributed by atoms with Crippen LogP contribution in [0.2, 0.25) is 5.02 Å². The van der Waals surface area contributed by atoms with Crippen molar-refractivity contribution in [3.05, 3.63) is 82.5 Å². The third-order valence-electron chi connectivity index (χ3n) is 3.49. The Morgan fingerprint density at radius 1 is 1.00 bits per heavy atom. The lowest BCUT2D eigenvalue weighted by molar-refractivity contribution is 0.102. The molecule has 0 saturated heterocycles. The van der Waals surface area contributed by atoms with Gasteiger partial charge in [-0.2, -0.15) is 0 Å². The van der Waals surface area contributed by atoms with E-state index in [1.165, 1.54) is 24.3 Å². The molecule has 0 aliphatic carbocycles. The Hall–Kier alpha value is -3.06. The second-order valence-corrected chi connectivity index (χ2v) is 5.74. The quantitative estimate of drug-likeness (QED) is 0.699. The zero-order chi connectivity index (χ0) is 18.5. The zero-order valence-corrected chi connectivity index (χ0v) is 14.1. The van der Waals surface area contributed by atoms with Crippen molar-refractivity contribution < 1.29 is 13.6 Å². The van der Waals surface area contributed by atoms with E-state index in [0.717, 1.165) is 6.07 Å². The molecule has 8 heteroatoms. The molecule has 26 heavy (non-hydrogen) atoms. The summed E-state index contributed by atoms with van der Waals surface area (Å²) < 4.78 is 26.7. The number of benzene rings is 2. The lowest BCUT2D eigenvalue weighted by Gasteiger charge is -2.07. The molecule has 0 bridgehead atoms. The highest BCUT2D eigenvalue weighted by Crippen LogP contribution is 2.19. The predicted molar refractivity (Wildman–Crippen MR) is 95.1 cm³/mol. The van der Waals surface area contributed by atoms with E-state index < -0.39 is 11.7 Å². The summed E-state index contributed by atoms with van der Waals surface area (Å²) >= 11 is 5.67. The number of hydrogen-bond donors (Lipinski definition) is 2. The van der Waals surface area contributed by atoms with Gasteiger partial charge in [0.15, 0.2) is 5.69 Å². The van der Waals surface area contributed by atoms with E-state index in [1.54, 1.807) is 24.3 Å². The van der Waals surface area contributed by atoms with Crippen molar-refractivity contribution in [2.75, 3.05) is 10.6 Å². The van der Waals surface area contributed by atoms with Gasteiger partial charge in [-0.3, -0.25) is 4.79 Å². The number of amides is 1. The van der Waals surface area contributed by atoms with Gasteiger partial charge in [-0.05, 0) is 36.4 Å². The summed E-state index contributed by atoms with van der Waals surface area (Å²) in [5.74, 6) is -1.01. The van der Waals surface area contributed by atoms with Crippen LogP contribution in [0.1, 0.15) is 16.1 Å². The zero-order valence-electron chi connectivity index (χ0n) is 13.3. The van der Waals surface area contributed by atoms with Gasteiger partial charge in [0, 0.05) is 17.8 Å². The van der Waals surface area contributed by atoms with Crippen molar-refractivity contribution in [3.63, 3.8) is 0 Å². The Balaban J connectivity index is 1.62. The molecule has 0 fully saturated rings. The molecular formula is C18H13ClF2N4O. The van der Waals surface area contributed by atoms with Gasteiger partial charge in [-0.25, -0.2) is 8.78 Å². The fourth-order valence-electron chi connectivity index (χ4n) is 2.14. The number of carbonyl (C=O) groups excluding carboxylic acids is 1. The number of nitrogens with zero attached hydrogens (tertiary/aromatic N) is 2. The SMILES string of the molecule is O=C(Nc1ccc(F)c(Cl)c1)c1ccc(NCc2ccccc2F)nn1. The van der Waals surface area contributed by atoms with Gasteiger partial charge in [0.25, 0.3) is 5.91 Å². The van der Waals surface area contributed by atoms with Gasteiger partial charge < -0.3 is 10.6 Å². The number of anilines is 2. The van der Waals surface area contributed by atoms with Gasteiger partial charge in [0.05, 0.1) is 5.02 Å². The van der Waals surface area contributed by atoms with E-state index >= 15 is 0 Å². The summed E-state index contributed by atoms with van der Waals surface area (Å²) in [7, 11) is 0. The molecule has 0 radical (unpaired) electrons. The molecule has 1 heterocycles. The first-order valence-electron chi connectivity index (χ1n) is 7.60. The topological polar surface area (TPSA) is 66.9 Å². The first-order chi connectivity index (χ1) is 12.5. The van der Waals surface area contributed by atoms with Crippen LogP contribution in [0.5, 0.6) is 0 Å². The summed E-state index contributed by atoms with van der Waals surface area (Å²) in [6.07, 6.45) is 0. The standard InChI is InChI=1S/C18H13ClF2N4O/c19-13-9-12(5-6-15(13)21)23-18(26)16-7-8-17(25-24-16)22-10-11-3-1-2-4-14(11)20/h1-9H,10H2,(H,22,25)(H,23,26). The molecule has 132 valence electrons. The van der Waals surface area contributed by atoms with Crippen molar-refractivity contribution >= 4 is 29.0 Å². The third kappa shape index (κ3) is 4.31. The highest BCUT2D eigenvalue weighted by atomic mass is 35.5. The average molecular weight is 375 g/mol. The second kappa shape index (κ2) is 7.88. The number of rotatable bonds is 5. The molecule has 0 aliphatic rings. The van der Waals surface area contributed by atoms with E-state index in [9.17, 15) is 13.6 Å². The molecule has 1 aromatic heterocycles. The molecule has 0 aliphatic heterocycles. The van der Waals surface area contributed by atoms with Crippen LogP contribution >= 0.6 is 11.6 Å². The Kier molecular flexibility index (Phi) is 5.38. The minimum Gasteiger partial charge on any atom is -0.364 e. The molecule has 0 atom stereocenters. The van der Waals surface area contributed by atoms with Crippen LogP contribution in [0.4, 0.5) is 20.3 Å². The number of carbonyl (C=O) groups is 1. The van der Waals surface area contributed by atoms with Crippen LogP contribution in [-0.2, 0) is 6.54 Å². The van der Waals surface area contributed by atoms with Crippen LogP contribution in [0.3, 0.4) is 0 Å². The maximum absolute atomic E-state index is 13.6. The third-order valence-corrected chi connectivity index (χ3v) is 3.78. The molecule has 3 aromatic rings. The Morgan fingerprint density at radius 3 is 2.50 bits per heavy atom. The highest BCUT2D eigenvalue weighted by Gasteiger charge is 2.10. The van der Waals surface area contributed by atoms with Gasteiger partial charge >= 0.3 is 0 Å².